The molecule has 0 aliphatic carbocycles. The molecule has 72 valence electrons. The topological polar surface area (TPSA) is 55.1 Å². The van der Waals surface area contributed by atoms with Gasteiger partial charge in [-0.1, -0.05) is 5.92 Å². The number of hydrogen-bond donors (Lipinski definition) is 2. The van der Waals surface area contributed by atoms with E-state index in [-0.39, 0.29) is 18.0 Å². The predicted molar refractivity (Wildman–Crippen MR) is 52.9 cm³/mol. The van der Waals surface area contributed by atoms with E-state index in [0.717, 1.165) is 0 Å². The van der Waals surface area contributed by atoms with E-state index >= 15 is 0 Å². The van der Waals surface area contributed by atoms with Crippen LogP contribution in [-0.2, 0) is 4.79 Å². The fourth-order valence-electron chi connectivity index (χ4n) is 0.919. The molecule has 3 nitrogen and oxygen atoms in total. The number of nitrogens with two attached hydrogens (primary N) is 1. The first-order valence-electron chi connectivity index (χ1n) is 3.92. The highest BCUT2D eigenvalue weighted by Crippen LogP contribution is 2.16. The van der Waals surface area contributed by atoms with Crippen LogP contribution in [-0.4, -0.2) is 5.91 Å². The summed E-state index contributed by atoms with van der Waals surface area (Å²) in [6, 6.07) is 3.94. The minimum Gasteiger partial charge on any atom is -0.396 e. The molecule has 4 heteroatoms. The van der Waals surface area contributed by atoms with Crippen molar-refractivity contribution in [1.82, 2.24) is 0 Å². The lowest BCUT2D eigenvalue weighted by Gasteiger charge is -2.04. The van der Waals surface area contributed by atoms with Gasteiger partial charge in [0.2, 0.25) is 5.91 Å². The van der Waals surface area contributed by atoms with Gasteiger partial charge < -0.3 is 11.1 Å². The first kappa shape index (κ1) is 10.1. The minimum absolute atomic E-state index is 0.0106. The molecule has 0 aliphatic heterocycles. The Balaban J connectivity index is 2.74. The maximum Gasteiger partial charge on any atom is 0.236 e. The average Bonchev–Trinajstić information content (AvgIpc) is 2.12. The smallest absolute Gasteiger partial charge is 0.236 e. The summed E-state index contributed by atoms with van der Waals surface area (Å²) in [5.41, 5.74) is 5.73. The lowest BCUT2D eigenvalue weighted by molar-refractivity contribution is -0.115. The molecule has 0 fully saturated rings. The molecule has 1 rings (SSSR count). The van der Waals surface area contributed by atoms with Gasteiger partial charge in [-0.25, -0.2) is 4.39 Å². The lowest BCUT2D eigenvalue weighted by Crippen LogP contribution is -2.10. The highest BCUT2D eigenvalue weighted by molar-refractivity contribution is 5.92. The molecule has 14 heavy (non-hydrogen) atoms. The molecule has 0 unspecified atom stereocenters. The van der Waals surface area contributed by atoms with Crippen LogP contribution in [0.1, 0.15) is 6.42 Å². The molecule has 0 aliphatic rings. The number of halogens is 1. The maximum absolute atomic E-state index is 12.7. The molecular formula is C10H9FN2O. The Morgan fingerprint density at radius 2 is 2.36 bits per heavy atom. The van der Waals surface area contributed by atoms with Gasteiger partial charge in [-0.2, -0.15) is 0 Å². The number of hydrogen-bond acceptors (Lipinski definition) is 2. The van der Waals surface area contributed by atoms with E-state index in [0.29, 0.717) is 5.69 Å². The van der Waals surface area contributed by atoms with Crippen LogP contribution in [0.3, 0.4) is 0 Å². The molecule has 1 amide bonds. The standard InChI is InChI=1S/C10H9FN2O/c1-2-3-10(14)13-7-4-5-8(11)9(12)6-7/h1,4-6H,3,12H2,(H,13,14). The molecule has 0 radical (unpaired) electrons. The van der Waals surface area contributed by atoms with Gasteiger partial charge in [-0.15, -0.1) is 6.42 Å². The monoisotopic (exact) mass is 192 g/mol. The predicted octanol–water partition coefficient (Wildman–Crippen LogP) is 1.37. The van der Waals surface area contributed by atoms with Crippen molar-refractivity contribution < 1.29 is 9.18 Å². The largest absolute Gasteiger partial charge is 0.396 e. The average molecular weight is 192 g/mol. The highest BCUT2D eigenvalue weighted by atomic mass is 19.1. The number of carbonyl (C=O) groups excluding carboxylic acids is 1. The van der Waals surface area contributed by atoms with Crippen molar-refractivity contribution in [2.24, 2.45) is 0 Å². The molecule has 1 aromatic carbocycles. The summed E-state index contributed by atoms with van der Waals surface area (Å²) in [5, 5.41) is 2.48. The fourth-order valence-corrected chi connectivity index (χ4v) is 0.919. The molecule has 0 saturated carbocycles. The minimum atomic E-state index is -0.514. The summed E-state index contributed by atoms with van der Waals surface area (Å²) in [6.45, 7) is 0. The van der Waals surface area contributed by atoms with Crippen molar-refractivity contribution in [3.8, 4) is 12.3 Å². The summed E-state index contributed by atoms with van der Waals surface area (Å²) >= 11 is 0. The quantitative estimate of drug-likeness (QED) is 0.549. The van der Waals surface area contributed by atoms with Crippen molar-refractivity contribution >= 4 is 17.3 Å². The Kier molecular flexibility index (Phi) is 3.08. The fraction of sp³-hybridized carbons (Fsp3) is 0.100. The van der Waals surface area contributed by atoms with Crippen molar-refractivity contribution in [2.75, 3.05) is 11.1 Å². The van der Waals surface area contributed by atoms with Crippen molar-refractivity contribution in [3.63, 3.8) is 0 Å². The zero-order valence-corrected chi connectivity index (χ0v) is 7.38. The third kappa shape index (κ3) is 2.49. The van der Waals surface area contributed by atoms with E-state index in [1.54, 1.807) is 0 Å². The summed E-state index contributed by atoms with van der Waals surface area (Å²) in [5.74, 6) is 1.36. The Hall–Kier alpha value is -2.02. The molecule has 0 atom stereocenters. The van der Waals surface area contributed by atoms with Gasteiger partial charge in [0.05, 0.1) is 12.1 Å². The van der Waals surface area contributed by atoms with Crippen LogP contribution in [0.4, 0.5) is 15.8 Å². The van der Waals surface area contributed by atoms with Gasteiger partial charge >= 0.3 is 0 Å². The molecule has 0 aromatic heterocycles. The molecule has 3 N–H and O–H groups in total. The van der Waals surface area contributed by atoms with Crippen molar-refractivity contribution in [3.05, 3.63) is 24.0 Å². The molecular weight excluding hydrogens is 183 g/mol. The molecule has 0 spiro atoms. The van der Waals surface area contributed by atoms with Crippen LogP contribution in [0, 0.1) is 18.2 Å². The number of rotatable bonds is 2. The zero-order valence-electron chi connectivity index (χ0n) is 7.38. The number of anilines is 2. The number of benzene rings is 1. The van der Waals surface area contributed by atoms with Gasteiger partial charge in [0.1, 0.15) is 5.82 Å². The van der Waals surface area contributed by atoms with E-state index < -0.39 is 5.82 Å². The van der Waals surface area contributed by atoms with Gasteiger partial charge in [-0.05, 0) is 18.2 Å². The van der Waals surface area contributed by atoms with Crippen LogP contribution in [0.25, 0.3) is 0 Å². The second kappa shape index (κ2) is 4.28. The van der Waals surface area contributed by atoms with Crippen LogP contribution in [0.5, 0.6) is 0 Å². The van der Waals surface area contributed by atoms with E-state index in [4.69, 9.17) is 12.2 Å². The Morgan fingerprint density at radius 3 is 2.93 bits per heavy atom. The van der Waals surface area contributed by atoms with Crippen LogP contribution in [0.2, 0.25) is 0 Å². The number of terminal acetylenes is 1. The van der Waals surface area contributed by atoms with E-state index in [1.165, 1.54) is 18.2 Å². The summed E-state index contributed by atoms with van der Waals surface area (Å²) in [6.07, 6.45) is 4.92. The van der Waals surface area contributed by atoms with Crippen LogP contribution < -0.4 is 11.1 Å². The lowest BCUT2D eigenvalue weighted by atomic mass is 10.2. The summed E-state index contributed by atoms with van der Waals surface area (Å²) < 4.78 is 12.7. The van der Waals surface area contributed by atoms with E-state index in [2.05, 4.69) is 11.2 Å². The Labute approximate surface area is 81.1 Å². The zero-order chi connectivity index (χ0) is 10.6. The maximum atomic E-state index is 12.7. The van der Waals surface area contributed by atoms with Crippen LogP contribution >= 0.6 is 0 Å². The van der Waals surface area contributed by atoms with Crippen molar-refractivity contribution in [2.45, 2.75) is 6.42 Å². The first-order chi connectivity index (χ1) is 6.63. The van der Waals surface area contributed by atoms with E-state index in [9.17, 15) is 9.18 Å². The molecule has 0 saturated heterocycles. The highest BCUT2D eigenvalue weighted by Gasteiger charge is 2.02. The summed E-state index contributed by atoms with van der Waals surface area (Å²) in [4.78, 5) is 11.0. The Morgan fingerprint density at radius 1 is 1.64 bits per heavy atom. The third-order valence-electron chi connectivity index (χ3n) is 1.54. The van der Waals surface area contributed by atoms with Gasteiger partial charge in [-0.3, -0.25) is 4.79 Å². The number of amides is 1. The number of carbonyl (C=O) groups is 1. The summed E-state index contributed by atoms with van der Waals surface area (Å²) in [7, 11) is 0. The third-order valence-corrected chi connectivity index (χ3v) is 1.54. The second-order valence-electron chi connectivity index (χ2n) is 2.67. The number of nitrogen functional groups attached to an aromatic ring is 1. The molecule has 1 aromatic rings. The molecule has 0 bridgehead atoms. The van der Waals surface area contributed by atoms with E-state index in [1.807, 2.05) is 0 Å². The SMILES string of the molecule is C#CCC(=O)Nc1ccc(F)c(N)c1. The first-order valence-corrected chi connectivity index (χ1v) is 3.92. The second-order valence-corrected chi connectivity index (χ2v) is 2.67. The van der Waals surface area contributed by atoms with Crippen molar-refractivity contribution in [1.29, 1.82) is 0 Å². The number of nitrogens with one attached hydrogen (secondary N) is 1. The van der Waals surface area contributed by atoms with Gasteiger partial charge in [0.25, 0.3) is 0 Å². The van der Waals surface area contributed by atoms with Crippen LogP contribution in [0.15, 0.2) is 18.2 Å². The van der Waals surface area contributed by atoms with Gasteiger partial charge in [0, 0.05) is 5.69 Å². The molecule has 0 heterocycles. The Bertz CT molecular complexity index is 396. The van der Waals surface area contributed by atoms with Gasteiger partial charge in [0.15, 0.2) is 0 Å². The normalized spacial score (nSPS) is 9.14.